The normalized spacial score (nSPS) is 10.7. The first-order chi connectivity index (χ1) is 22.5. The van der Waals surface area contributed by atoms with E-state index in [4.69, 9.17) is 9.78 Å². The van der Waals surface area contributed by atoms with Crippen LogP contribution in [-0.4, -0.2) is 25.2 Å². The predicted octanol–water partition coefficient (Wildman–Crippen LogP) is 12.0. The zero-order chi connectivity index (χ0) is 33.5. The van der Waals surface area contributed by atoms with E-state index in [2.05, 4.69) is 23.6 Å². The van der Waals surface area contributed by atoms with Gasteiger partial charge in [-0.3, -0.25) is 0 Å². The van der Waals surface area contributed by atoms with Crippen molar-refractivity contribution in [1.29, 1.82) is 0 Å². The van der Waals surface area contributed by atoms with Crippen molar-refractivity contribution < 1.29 is 29.1 Å². The Kier molecular flexibility index (Phi) is 26.7. The van der Waals surface area contributed by atoms with E-state index in [1.165, 1.54) is 116 Å². The van der Waals surface area contributed by atoms with Crippen LogP contribution < -0.4 is 0 Å². The molecule has 0 saturated heterocycles. The first kappa shape index (κ1) is 41.3. The highest BCUT2D eigenvalue weighted by atomic mass is 17.2. The van der Waals surface area contributed by atoms with Crippen LogP contribution in [0.4, 0.5) is 0 Å². The van der Waals surface area contributed by atoms with Gasteiger partial charge in [0.25, 0.3) is 0 Å². The number of hydrogen-bond donors (Lipinski definition) is 0. The molecule has 0 heterocycles. The molecule has 2 aromatic carbocycles. The Morgan fingerprint density at radius 1 is 0.413 bits per heavy atom. The smallest absolute Gasteiger partial charge is 0.242 e. The molecule has 0 aliphatic rings. The molecular weight excluding hydrogens is 576 g/mol. The molecule has 0 amide bonds. The van der Waals surface area contributed by atoms with Crippen molar-refractivity contribution in [3.05, 3.63) is 70.8 Å². The Labute approximate surface area is 280 Å². The number of hydrogen-bond acceptors (Lipinski definition) is 6. The molecule has 0 unspecified atom stereocenters. The van der Waals surface area contributed by atoms with E-state index in [9.17, 15) is 9.59 Å². The molecule has 0 aromatic heterocycles. The fourth-order valence-electron chi connectivity index (χ4n) is 4.97. The molecule has 6 heteroatoms. The van der Waals surface area contributed by atoms with Crippen molar-refractivity contribution in [3.63, 3.8) is 0 Å². The summed E-state index contributed by atoms with van der Waals surface area (Å²) in [6.45, 7) is 9.92. The summed E-state index contributed by atoms with van der Waals surface area (Å²) in [5.74, 6) is -1.41. The Hall–Kier alpha value is -2.70. The Morgan fingerprint density at radius 2 is 0.674 bits per heavy atom. The van der Waals surface area contributed by atoms with Crippen LogP contribution in [0.1, 0.15) is 174 Å². The van der Waals surface area contributed by atoms with Gasteiger partial charge in [0.2, 0.25) is 0 Å². The van der Waals surface area contributed by atoms with Gasteiger partial charge < -0.3 is 0 Å². The maximum Gasteiger partial charge on any atom is 0.386 e. The largest absolute Gasteiger partial charge is 0.386 e. The highest BCUT2D eigenvalue weighted by Crippen LogP contribution is 2.12. The molecule has 0 fully saturated rings. The highest BCUT2D eigenvalue weighted by molar-refractivity contribution is 5.92. The third-order valence-corrected chi connectivity index (χ3v) is 8.01. The summed E-state index contributed by atoms with van der Waals surface area (Å²) in [6.07, 6.45) is 27.3. The summed E-state index contributed by atoms with van der Waals surface area (Å²) in [5.41, 5.74) is 2.70. The Morgan fingerprint density at radius 3 is 0.957 bits per heavy atom. The average Bonchev–Trinajstić information content (AvgIpc) is 3.07. The SMILES string of the molecule is CCCCCCCCCCCCOOCCCCCCCCCCCC.Cc1ccc(C(=O)OOC(=O)c2ccc(C)cc2)cc1. The summed E-state index contributed by atoms with van der Waals surface area (Å²) in [6, 6.07) is 13.5. The van der Waals surface area contributed by atoms with E-state index >= 15 is 0 Å². The number of rotatable bonds is 25. The molecule has 260 valence electrons. The van der Waals surface area contributed by atoms with Gasteiger partial charge in [-0.2, -0.15) is 0 Å². The molecule has 0 bridgehead atoms. The van der Waals surface area contributed by atoms with Crippen molar-refractivity contribution in [2.75, 3.05) is 13.2 Å². The second-order valence-electron chi connectivity index (χ2n) is 12.5. The predicted molar refractivity (Wildman–Crippen MR) is 189 cm³/mol. The fourth-order valence-corrected chi connectivity index (χ4v) is 4.97. The number of benzene rings is 2. The van der Waals surface area contributed by atoms with E-state index in [1.54, 1.807) is 48.5 Å². The lowest BCUT2D eigenvalue weighted by molar-refractivity contribution is -0.295. The van der Waals surface area contributed by atoms with Crippen LogP contribution in [0.5, 0.6) is 0 Å². The molecular formula is C40H64O6. The summed E-state index contributed by atoms with van der Waals surface area (Å²) < 4.78 is 0. The van der Waals surface area contributed by atoms with Gasteiger partial charge in [0.15, 0.2) is 0 Å². The second kappa shape index (κ2) is 29.7. The van der Waals surface area contributed by atoms with Crippen molar-refractivity contribution in [3.8, 4) is 0 Å². The fraction of sp³-hybridized carbons (Fsp3) is 0.650. The minimum Gasteiger partial charge on any atom is -0.242 e. The first-order valence-corrected chi connectivity index (χ1v) is 18.3. The molecule has 0 spiro atoms. The third kappa shape index (κ3) is 23.6. The average molecular weight is 641 g/mol. The maximum atomic E-state index is 11.6. The van der Waals surface area contributed by atoms with Gasteiger partial charge in [-0.25, -0.2) is 29.1 Å². The molecule has 2 rings (SSSR count). The minimum absolute atomic E-state index is 0.326. The van der Waals surface area contributed by atoms with E-state index in [1.807, 2.05) is 13.8 Å². The quantitative estimate of drug-likeness (QED) is 0.0611. The van der Waals surface area contributed by atoms with E-state index < -0.39 is 11.9 Å². The van der Waals surface area contributed by atoms with Gasteiger partial charge in [0.05, 0.1) is 24.3 Å². The number of unbranched alkanes of at least 4 members (excludes halogenated alkanes) is 18. The van der Waals surface area contributed by atoms with Crippen molar-refractivity contribution in [2.45, 2.75) is 156 Å². The van der Waals surface area contributed by atoms with E-state index in [0.717, 1.165) is 37.2 Å². The van der Waals surface area contributed by atoms with Crippen LogP contribution in [0.25, 0.3) is 0 Å². The molecule has 46 heavy (non-hydrogen) atoms. The monoisotopic (exact) mass is 640 g/mol. The van der Waals surface area contributed by atoms with Crippen LogP contribution in [0.15, 0.2) is 48.5 Å². The van der Waals surface area contributed by atoms with Gasteiger partial charge in [-0.1, -0.05) is 165 Å². The lowest BCUT2D eigenvalue weighted by Crippen LogP contribution is -2.11. The van der Waals surface area contributed by atoms with Gasteiger partial charge in [-0.15, -0.1) is 0 Å². The maximum absolute atomic E-state index is 11.6. The molecule has 0 atom stereocenters. The summed E-state index contributed by atoms with van der Waals surface area (Å²) in [4.78, 5) is 42.9. The van der Waals surface area contributed by atoms with Crippen molar-refractivity contribution >= 4 is 11.9 Å². The van der Waals surface area contributed by atoms with Crippen LogP contribution in [0.3, 0.4) is 0 Å². The molecule has 0 aliphatic heterocycles. The Balaban J connectivity index is 0.000000473. The van der Waals surface area contributed by atoms with Gasteiger partial charge in [0.1, 0.15) is 0 Å². The highest BCUT2D eigenvalue weighted by Gasteiger charge is 2.13. The second-order valence-corrected chi connectivity index (χ2v) is 12.5. The summed E-state index contributed by atoms with van der Waals surface area (Å²) in [5, 5.41) is 0. The van der Waals surface area contributed by atoms with Crippen molar-refractivity contribution in [1.82, 2.24) is 0 Å². The molecule has 0 radical (unpaired) electrons. The third-order valence-electron chi connectivity index (χ3n) is 8.01. The minimum atomic E-state index is -0.703. The van der Waals surface area contributed by atoms with E-state index in [-0.39, 0.29) is 0 Å². The Bertz CT molecular complexity index is 904. The number of carbonyl (C=O) groups excluding carboxylic acids is 2. The van der Waals surface area contributed by atoms with Gasteiger partial charge in [-0.05, 0) is 51.0 Å². The lowest BCUT2D eigenvalue weighted by Gasteiger charge is -2.05. The molecule has 2 aromatic rings. The molecule has 6 nitrogen and oxygen atoms in total. The molecule has 0 saturated carbocycles. The van der Waals surface area contributed by atoms with Gasteiger partial charge >= 0.3 is 11.9 Å². The topological polar surface area (TPSA) is 71.1 Å². The zero-order valence-electron chi connectivity index (χ0n) is 29.6. The first-order valence-electron chi connectivity index (χ1n) is 18.3. The zero-order valence-corrected chi connectivity index (χ0v) is 29.6. The summed E-state index contributed by atoms with van der Waals surface area (Å²) in [7, 11) is 0. The number of carbonyl (C=O) groups is 2. The van der Waals surface area contributed by atoms with E-state index in [0.29, 0.717) is 11.1 Å². The van der Waals surface area contributed by atoms with Crippen LogP contribution >= 0.6 is 0 Å². The van der Waals surface area contributed by atoms with Gasteiger partial charge in [0, 0.05) is 0 Å². The number of aryl methyl sites for hydroxylation is 2. The summed E-state index contributed by atoms with van der Waals surface area (Å²) >= 11 is 0. The molecule has 0 N–H and O–H groups in total. The standard InChI is InChI=1S/C24H50O2.C16H14O4/c1-3-5-7-9-11-13-15-17-19-21-23-25-26-24-22-20-18-16-14-12-10-8-6-4-2;1-11-3-7-13(8-4-11)15(17)19-20-16(18)14-9-5-12(2)6-10-14/h3-24H2,1-2H3;3-10H,1-2H3. The van der Waals surface area contributed by atoms with Crippen LogP contribution in [-0.2, 0) is 19.6 Å². The molecule has 0 aliphatic carbocycles. The van der Waals surface area contributed by atoms with Crippen molar-refractivity contribution in [2.24, 2.45) is 0 Å². The lowest BCUT2D eigenvalue weighted by atomic mass is 10.1. The van der Waals surface area contributed by atoms with Crippen LogP contribution in [0, 0.1) is 13.8 Å². The van der Waals surface area contributed by atoms with Crippen LogP contribution in [0.2, 0.25) is 0 Å².